The fourth-order valence-corrected chi connectivity index (χ4v) is 4.23. The van der Waals surface area contributed by atoms with Gasteiger partial charge in [0.15, 0.2) is 11.9 Å². The van der Waals surface area contributed by atoms with Crippen LogP contribution in [0.1, 0.15) is 104 Å². The van der Waals surface area contributed by atoms with Crippen molar-refractivity contribution in [2.45, 2.75) is 116 Å². The fourth-order valence-electron chi connectivity index (χ4n) is 3.84. The molecule has 13 heteroatoms. The summed E-state index contributed by atoms with van der Waals surface area (Å²) in [4.78, 5) is 44.6. The quantitative estimate of drug-likeness (QED) is 0.0700. The predicted molar refractivity (Wildman–Crippen MR) is 125 cm³/mol. The molecule has 10 nitrogen and oxygen atoms in total. The second-order valence-corrected chi connectivity index (χ2v) is 10.6. The number of aliphatic hydroxyl groups excluding tert-OH is 2. The van der Waals surface area contributed by atoms with Crippen molar-refractivity contribution in [3.63, 3.8) is 0 Å². The molecular formula is C24H41Na2O10P. The van der Waals surface area contributed by atoms with Gasteiger partial charge in [-0.1, -0.05) is 90.9 Å². The summed E-state index contributed by atoms with van der Waals surface area (Å²) in [6, 6.07) is 0. The molecule has 0 aromatic heterocycles. The number of cyclic esters (lactones) is 1. The van der Waals surface area contributed by atoms with Gasteiger partial charge in [0.2, 0.25) is 0 Å². The zero-order valence-electron chi connectivity index (χ0n) is 22.9. The van der Waals surface area contributed by atoms with E-state index in [1.54, 1.807) is 0 Å². The van der Waals surface area contributed by atoms with E-state index in [2.05, 4.69) is 23.1 Å². The third kappa shape index (κ3) is 19.2. The SMILES string of the molecule is CC(C)CCCCCCCCCCCCCCC(=O)OC[C@H](O)[C@H]1OC(=O)C(OP(=O)([O-])[O-])=C1O.[Na+].[Na+]. The van der Waals surface area contributed by atoms with Crippen LogP contribution in [0.25, 0.3) is 0 Å². The Labute approximate surface area is 265 Å². The van der Waals surface area contributed by atoms with Gasteiger partial charge in [0.1, 0.15) is 20.5 Å². The molecule has 37 heavy (non-hydrogen) atoms. The molecule has 0 fully saturated rings. The number of hydrogen-bond donors (Lipinski definition) is 2. The summed E-state index contributed by atoms with van der Waals surface area (Å²) in [6.07, 6.45) is 12.2. The molecule has 0 aromatic rings. The Balaban J connectivity index is 0. The molecule has 0 spiro atoms. The van der Waals surface area contributed by atoms with Crippen LogP contribution in [-0.4, -0.2) is 41.0 Å². The average Bonchev–Trinajstić information content (AvgIpc) is 3.04. The van der Waals surface area contributed by atoms with Crippen LogP contribution in [0.5, 0.6) is 0 Å². The van der Waals surface area contributed by atoms with Gasteiger partial charge < -0.3 is 38.6 Å². The van der Waals surface area contributed by atoms with Crippen LogP contribution < -0.4 is 68.9 Å². The van der Waals surface area contributed by atoms with Crippen LogP contribution in [-0.2, 0) is 28.2 Å². The molecule has 0 saturated carbocycles. The molecule has 0 unspecified atom stereocenters. The van der Waals surface area contributed by atoms with E-state index in [4.69, 9.17) is 4.74 Å². The van der Waals surface area contributed by atoms with Gasteiger partial charge in [-0.3, -0.25) is 4.79 Å². The minimum Gasteiger partial charge on any atom is -0.780 e. The normalized spacial score (nSPS) is 16.2. The van der Waals surface area contributed by atoms with E-state index in [0.717, 1.165) is 25.2 Å². The first-order valence-electron chi connectivity index (χ1n) is 12.7. The summed E-state index contributed by atoms with van der Waals surface area (Å²) < 4.78 is 24.0. The van der Waals surface area contributed by atoms with Crippen LogP contribution in [0.2, 0.25) is 0 Å². The number of hydrogen-bond acceptors (Lipinski definition) is 10. The zero-order valence-corrected chi connectivity index (χ0v) is 27.8. The molecule has 0 radical (unpaired) electrons. The maximum absolute atomic E-state index is 11.8. The Kier molecular flexibility index (Phi) is 23.6. The number of ether oxygens (including phenoxy) is 2. The van der Waals surface area contributed by atoms with Crippen molar-refractivity contribution in [3.8, 4) is 0 Å². The van der Waals surface area contributed by atoms with Crippen LogP contribution in [0.4, 0.5) is 0 Å². The molecule has 204 valence electrons. The van der Waals surface area contributed by atoms with E-state index in [0.29, 0.717) is 6.42 Å². The van der Waals surface area contributed by atoms with Gasteiger partial charge in [0.05, 0.1) is 0 Å². The molecule has 0 amide bonds. The molecule has 1 aliphatic rings. The smallest absolute Gasteiger partial charge is 0.780 e. The Morgan fingerprint density at radius 3 is 1.86 bits per heavy atom. The first kappa shape index (κ1) is 39.5. The number of phosphoric acid groups is 1. The van der Waals surface area contributed by atoms with Gasteiger partial charge in [-0.05, 0) is 12.3 Å². The number of aliphatic hydroxyl groups is 2. The van der Waals surface area contributed by atoms with E-state index in [-0.39, 0.29) is 65.5 Å². The molecule has 0 aromatic carbocycles. The summed E-state index contributed by atoms with van der Waals surface area (Å²) >= 11 is 0. The Bertz CT molecular complexity index is 726. The van der Waals surface area contributed by atoms with E-state index >= 15 is 0 Å². The van der Waals surface area contributed by atoms with Gasteiger partial charge in [-0.2, -0.15) is 0 Å². The number of rotatable bonds is 20. The zero-order chi connectivity index (χ0) is 26.3. The maximum Gasteiger partial charge on any atom is 1.00 e. The molecule has 2 atom stereocenters. The van der Waals surface area contributed by atoms with Crippen LogP contribution >= 0.6 is 7.82 Å². The maximum atomic E-state index is 11.8. The third-order valence-corrected chi connectivity index (χ3v) is 6.21. The van der Waals surface area contributed by atoms with Gasteiger partial charge in [-0.15, -0.1) is 0 Å². The van der Waals surface area contributed by atoms with Crippen molar-refractivity contribution in [2.75, 3.05) is 6.61 Å². The number of unbranched alkanes of at least 4 members (excludes halogenated alkanes) is 11. The minimum atomic E-state index is -5.60. The van der Waals surface area contributed by atoms with Crippen molar-refractivity contribution in [1.29, 1.82) is 0 Å². The van der Waals surface area contributed by atoms with E-state index in [9.17, 15) is 34.2 Å². The average molecular weight is 567 g/mol. The summed E-state index contributed by atoms with van der Waals surface area (Å²) in [5.74, 6) is -3.41. The first-order valence-corrected chi connectivity index (χ1v) is 14.2. The summed E-state index contributed by atoms with van der Waals surface area (Å²) in [6.45, 7) is 3.96. The van der Waals surface area contributed by atoms with E-state index in [1.165, 1.54) is 57.8 Å². The van der Waals surface area contributed by atoms with Crippen LogP contribution in [0.3, 0.4) is 0 Å². The Hall–Kier alpha value is 0.390. The second kappa shape index (κ2) is 22.1. The van der Waals surface area contributed by atoms with E-state index < -0.39 is 50.1 Å². The largest absolute Gasteiger partial charge is 1.00 e. The number of phosphoric ester groups is 1. The summed E-state index contributed by atoms with van der Waals surface area (Å²) in [5.41, 5.74) is 0. The Morgan fingerprint density at radius 2 is 1.41 bits per heavy atom. The number of carbonyl (C=O) groups is 2. The molecule has 0 saturated heterocycles. The molecule has 1 rings (SSSR count). The van der Waals surface area contributed by atoms with Crippen molar-refractivity contribution >= 4 is 19.8 Å². The molecule has 1 heterocycles. The molecule has 1 aliphatic heterocycles. The van der Waals surface area contributed by atoms with Crippen LogP contribution in [0, 0.1) is 5.92 Å². The molecule has 0 bridgehead atoms. The predicted octanol–water partition coefficient (Wildman–Crippen LogP) is -2.44. The van der Waals surface area contributed by atoms with E-state index in [1.807, 2.05) is 0 Å². The second-order valence-electron chi connectivity index (χ2n) is 9.50. The van der Waals surface area contributed by atoms with Crippen molar-refractivity contribution in [3.05, 3.63) is 11.5 Å². The molecule has 0 aliphatic carbocycles. The monoisotopic (exact) mass is 566 g/mol. The third-order valence-electron chi connectivity index (χ3n) is 5.80. The summed E-state index contributed by atoms with van der Waals surface area (Å²) in [7, 11) is -5.60. The summed E-state index contributed by atoms with van der Waals surface area (Å²) in [5, 5.41) is 19.8. The van der Waals surface area contributed by atoms with Gasteiger partial charge >= 0.3 is 71.1 Å². The van der Waals surface area contributed by atoms with Crippen molar-refractivity contribution in [2.24, 2.45) is 5.92 Å². The van der Waals surface area contributed by atoms with Gasteiger partial charge in [0.25, 0.3) is 5.76 Å². The molecular weight excluding hydrogens is 525 g/mol. The Morgan fingerprint density at radius 1 is 0.946 bits per heavy atom. The minimum absolute atomic E-state index is 0. The van der Waals surface area contributed by atoms with Crippen LogP contribution in [0.15, 0.2) is 11.5 Å². The molecule has 2 N–H and O–H groups in total. The first-order chi connectivity index (χ1) is 16.5. The van der Waals surface area contributed by atoms with Gasteiger partial charge in [-0.25, -0.2) is 4.79 Å². The van der Waals surface area contributed by atoms with Gasteiger partial charge in [0, 0.05) is 6.42 Å². The topological polar surface area (TPSA) is 165 Å². The standard InChI is InChI=1S/C24H43O10P.2Na/c1-18(2)15-13-11-9-7-5-3-4-6-8-10-12-14-16-20(26)32-17-19(25)22-21(27)23(24(28)33-22)34-35(29,30)31;;/h18-19,22,25,27H,3-17H2,1-2H3,(H2,29,30,31);;/q;2*+1/p-2/t19-,22+;;/m0../s1. The number of esters is 2. The fraction of sp³-hybridized carbons (Fsp3) is 0.833. The number of carbonyl (C=O) groups excluding carboxylic acids is 2. The van der Waals surface area contributed by atoms with Crippen molar-refractivity contribution < 1.29 is 107 Å². The van der Waals surface area contributed by atoms with Crippen molar-refractivity contribution in [1.82, 2.24) is 0 Å².